The Balaban J connectivity index is 1.09. The second-order valence-electron chi connectivity index (χ2n) is 17.3. The Morgan fingerprint density at radius 3 is 2.51 bits per heavy atom. The van der Waals surface area contributed by atoms with Gasteiger partial charge in [-0.05, 0) is 61.0 Å². The molecule has 0 saturated carbocycles. The predicted octanol–water partition coefficient (Wildman–Crippen LogP) is 7.21. The molecule has 4 heterocycles. The van der Waals surface area contributed by atoms with E-state index >= 15 is 0 Å². The molecule has 0 amide bonds. The molecule has 0 bridgehead atoms. The number of benzene rings is 3. The highest BCUT2D eigenvalue weighted by Crippen LogP contribution is 2.37. The fourth-order valence-electron chi connectivity index (χ4n) is 8.13. The van der Waals surface area contributed by atoms with E-state index in [4.69, 9.17) is 23.9 Å². The van der Waals surface area contributed by atoms with Crippen molar-refractivity contribution in [3.8, 4) is 12.1 Å². The molecule has 2 saturated heterocycles. The van der Waals surface area contributed by atoms with Crippen LogP contribution in [-0.4, -0.2) is 105 Å². The Hall–Kier alpha value is -4.54. The van der Waals surface area contributed by atoms with Crippen LogP contribution in [-0.2, 0) is 33.5 Å². The van der Waals surface area contributed by atoms with Crippen LogP contribution in [0.2, 0.25) is 18.1 Å². The first-order valence-corrected chi connectivity index (χ1v) is 23.6. The summed E-state index contributed by atoms with van der Waals surface area (Å²) in [6, 6.07) is 27.6. The van der Waals surface area contributed by atoms with Gasteiger partial charge in [0, 0.05) is 68.1 Å². The van der Waals surface area contributed by atoms with E-state index in [1.807, 2.05) is 30.3 Å². The summed E-state index contributed by atoms with van der Waals surface area (Å²) in [5.41, 5.74) is 4.26. The van der Waals surface area contributed by atoms with Crippen molar-refractivity contribution in [3.05, 3.63) is 89.6 Å². The lowest BCUT2D eigenvalue weighted by atomic mass is 10.0. The number of esters is 1. The SMILES string of the molecule is CC(C)(C)[Si](C)(C)OCCN1CCC[C@@H]1COc1nc2c(c(N3CCN(CC(=O)OCc4ccccc4)C(CC#N)C3)n1)CCN(c1cccc3ccccc13)C2. The number of ether oxygens (including phenoxy) is 2. The zero-order valence-corrected chi connectivity index (χ0v) is 35.5. The summed E-state index contributed by atoms with van der Waals surface area (Å²) in [5.74, 6) is 0.597. The van der Waals surface area contributed by atoms with Crippen LogP contribution in [0.4, 0.5) is 11.5 Å². The van der Waals surface area contributed by atoms with Crippen LogP contribution >= 0.6 is 0 Å². The minimum Gasteiger partial charge on any atom is -0.462 e. The number of likely N-dealkylation sites (tertiary alicyclic amines) is 1. The summed E-state index contributed by atoms with van der Waals surface area (Å²) in [5, 5.41) is 12.5. The van der Waals surface area contributed by atoms with E-state index < -0.39 is 8.32 Å². The maximum atomic E-state index is 13.0. The molecule has 2 fully saturated rings. The third-order valence-electron chi connectivity index (χ3n) is 12.5. The summed E-state index contributed by atoms with van der Waals surface area (Å²) in [6.45, 7) is 18.3. The number of carbonyl (C=O) groups excluding carboxylic acids is 1. The molecule has 7 rings (SSSR count). The molecule has 0 radical (unpaired) electrons. The molecule has 1 unspecified atom stereocenters. The maximum Gasteiger partial charge on any atom is 0.320 e. The number of rotatable bonds is 14. The first kappa shape index (κ1) is 40.6. The van der Waals surface area contributed by atoms with Crippen molar-refractivity contribution in [1.82, 2.24) is 19.8 Å². The molecule has 1 aromatic heterocycles. The first-order valence-electron chi connectivity index (χ1n) is 20.7. The van der Waals surface area contributed by atoms with Crippen LogP contribution in [0.15, 0.2) is 72.8 Å². The zero-order chi connectivity index (χ0) is 40.0. The Labute approximate surface area is 339 Å². The number of hydrogen-bond acceptors (Lipinski definition) is 11. The molecule has 0 N–H and O–H groups in total. The largest absolute Gasteiger partial charge is 0.462 e. The van der Waals surface area contributed by atoms with E-state index in [0.29, 0.717) is 45.2 Å². The van der Waals surface area contributed by atoms with Crippen LogP contribution in [0.3, 0.4) is 0 Å². The van der Waals surface area contributed by atoms with Crippen molar-refractivity contribution < 1.29 is 18.7 Å². The van der Waals surface area contributed by atoms with Crippen LogP contribution in [0.1, 0.15) is 56.9 Å². The van der Waals surface area contributed by atoms with E-state index in [2.05, 4.69) is 102 Å². The summed E-state index contributed by atoms with van der Waals surface area (Å²) in [4.78, 5) is 32.6. The second-order valence-corrected chi connectivity index (χ2v) is 22.1. The van der Waals surface area contributed by atoms with E-state index in [1.54, 1.807) is 0 Å². The normalized spacial score (nSPS) is 19.4. The predicted molar refractivity (Wildman–Crippen MR) is 228 cm³/mol. The lowest BCUT2D eigenvalue weighted by Crippen LogP contribution is -2.55. The molecular weight excluding hydrogens is 731 g/mol. The lowest BCUT2D eigenvalue weighted by molar-refractivity contribution is -0.147. The van der Waals surface area contributed by atoms with Crippen molar-refractivity contribution in [1.29, 1.82) is 5.26 Å². The summed E-state index contributed by atoms with van der Waals surface area (Å²) >= 11 is 0. The summed E-state index contributed by atoms with van der Waals surface area (Å²) in [6.07, 6.45) is 3.28. The highest BCUT2D eigenvalue weighted by Gasteiger charge is 2.38. The Morgan fingerprint density at radius 2 is 1.70 bits per heavy atom. The van der Waals surface area contributed by atoms with E-state index in [-0.39, 0.29) is 36.2 Å². The molecule has 302 valence electrons. The van der Waals surface area contributed by atoms with Crippen LogP contribution in [0.5, 0.6) is 6.01 Å². The van der Waals surface area contributed by atoms with Gasteiger partial charge in [-0.25, -0.2) is 0 Å². The molecule has 57 heavy (non-hydrogen) atoms. The average Bonchev–Trinajstić information content (AvgIpc) is 3.66. The fraction of sp³-hybridized carbons (Fsp3) is 0.511. The first-order chi connectivity index (χ1) is 27.5. The molecule has 3 aromatic carbocycles. The summed E-state index contributed by atoms with van der Waals surface area (Å²) in [7, 11) is -1.82. The quantitative estimate of drug-likeness (QED) is 0.0957. The molecule has 0 spiro atoms. The van der Waals surface area contributed by atoms with Gasteiger partial charge in [0.2, 0.25) is 0 Å². The number of nitrogens with zero attached hydrogens (tertiary/aromatic N) is 7. The van der Waals surface area contributed by atoms with E-state index in [1.165, 1.54) is 16.5 Å². The van der Waals surface area contributed by atoms with E-state index in [0.717, 1.165) is 68.1 Å². The Morgan fingerprint density at radius 1 is 0.912 bits per heavy atom. The van der Waals surface area contributed by atoms with Gasteiger partial charge >= 0.3 is 12.0 Å². The van der Waals surface area contributed by atoms with Gasteiger partial charge in [0.1, 0.15) is 19.0 Å². The minimum atomic E-state index is -1.82. The van der Waals surface area contributed by atoms with Crippen molar-refractivity contribution in [3.63, 3.8) is 0 Å². The smallest absolute Gasteiger partial charge is 0.320 e. The molecule has 2 atom stereocenters. The van der Waals surface area contributed by atoms with Crippen molar-refractivity contribution in [2.75, 3.05) is 68.8 Å². The number of nitriles is 1. The van der Waals surface area contributed by atoms with Crippen LogP contribution in [0.25, 0.3) is 10.8 Å². The Bertz CT molecular complexity index is 2030. The van der Waals surface area contributed by atoms with Gasteiger partial charge in [0.15, 0.2) is 8.32 Å². The third-order valence-corrected chi connectivity index (χ3v) is 17.0. The monoisotopic (exact) mass is 789 g/mol. The number of fused-ring (bicyclic) bond motifs is 2. The van der Waals surface area contributed by atoms with Gasteiger partial charge in [-0.2, -0.15) is 15.2 Å². The molecule has 11 nitrogen and oxygen atoms in total. The van der Waals surface area contributed by atoms with Crippen molar-refractivity contribution in [2.45, 2.75) is 89.8 Å². The topological polar surface area (TPSA) is 107 Å². The van der Waals surface area contributed by atoms with Gasteiger partial charge in [-0.3, -0.25) is 14.6 Å². The molecule has 12 heteroatoms. The molecule has 4 aromatic rings. The van der Waals surface area contributed by atoms with Gasteiger partial charge in [-0.15, -0.1) is 0 Å². The van der Waals surface area contributed by atoms with Gasteiger partial charge in [0.05, 0.1) is 31.3 Å². The van der Waals surface area contributed by atoms with Crippen LogP contribution in [0, 0.1) is 11.3 Å². The molecule has 3 aliphatic rings. The number of anilines is 2. The highest BCUT2D eigenvalue weighted by atomic mass is 28.4. The maximum absolute atomic E-state index is 13.0. The second kappa shape index (κ2) is 17.9. The van der Waals surface area contributed by atoms with Crippen molar-refractivity contribution in [2.24, 2.45) is 0 Å². The molecular formula is C45H59N7O4Si. The number of aromatic nitrogens is 2. The minimum absolute atomic E-state index is 0.141. The van der Waals surface area contributed by atoms with Gasteiger partial charge < -0.3 is 23.7 Å². The molecule has 3 aliphatic heterocycles. The molecule has 0 aliphatic carbocycles. The number of carbonyl (C=O) groups is 1. The standard InChI is InChI=1S/C45H59N7O4Si/c1-45(2,3)57(4,5)56-28-27-49-23-12-17-37(49)33-55-44-47-40-30-51(41-19-11-16-35-15-9-10-18-38(35)41)24-21-39(40)43(48-44)52-26-25-50(36(29-52)20-22-46)31-42(53)54-32-34-13-7-6-8-14-34/h6-11,13-16,18-19,36-37H,12,17,20-21,23-33H2,1-5H3/t36?,37-/m1/s1. The Kier molecular flexibility index (Phi) is 12.8. The third kappa shape index (κ3) is 9.78. The van der Waals surface area contributed by atoms with Gasteiger partial charge in [-0.1, -0.05) is 87.5 Å². The average molecular weight is 790 g/mol. The number of piperazine rings is 1. The fourth-order valence-corrected chi connectivity index (χ4v) is 9.16. The van der Waals surface area contributed by atoms with E-state index in [9.17, 15) is 10.1 Å². The zero-order valence-electron chi connectivity index (χ0n) is 34.5. The van der Waals surface area contributed by atoms with Crippen molar-refractivity contribution >= 4 is 36.6 Å². The summed E-state index contributed by atoms with van der Waals surface area (Å²) < 4.78 is 18.8. The highest BCUT2D eigenvalue weighted by molar-refractivity contribution is 6.74. The van der Waals surface area contributed by atoms with Crippen LogP contribution < -0.4 is 14.5 Å². The lowest BCUT2D eigenvalue weighted by Gasteiger charge is -2.42. The number of hydrogen-bond donors (Lipinski definition) is 0. The van der Waals surface area contributed by atoms with Gasteiger partial charge in [0.25, 0.3) is 0 Å².